The lowest BCUT2D eigenvalue weighted by Gasteiger charge is -2.33. The molecule has 6 nitrogen and oxygen atoms in total. The molecule has 24 heavy (non-hydrogen) atoms. The minimum absolute atomic E-state index is 0.0942. The van der Waals surface area contributed by atoms with Gasteiger partial charge in [0, 0.05) is 25.4 Å². The van der Waals surface area contributed by atoms with Crippen LogP contribution >= 0.6 is 0 Å². The lowest BCUT2D eigenvalue weighted by Crippen LogP contribution is -2.42. The predicted octanol–water partition coefficient (Wildman–Crippen LogP) is 2.93. The molecule has 1 saturated heterocycles. The number of aryl methyl sites for hydroxylation is 1. The first kappa shape index (κ1) is 17.4. The van der Waals surface area contributed by atoms with E-state index in [0.29, 0.717) is 18.4 Å². The van der Waals surface area contributed by atoms with Crippen LogP contribution in [-0.4, -0.2) is 46.7 Å². The van der Waals surface area contributed by atoms with Crippen LogP contribution in [0.15, 0.2) is 4.52 Å². The lowest BCUT2D eigenvalue weighted by molar-refractivity contribution is -0.141. The number of hydrogen-bond acceptors (Lipinski definition) is 5. The maximum atomic E-state index is 12.5. The predicted molar refractivity (Wildman–Crippen MR) is 89.6 cm³/mol. The highest BCUT2D eigenvalue weighted by molar-refractivity contribution is 5.77. The molecule has 6 heteroatoms. The highest BCUT2D eigenvalue weighted by Gasteiger charge is 2.29. The normalized spacial score (nSPS) is 28.1. The number of aromatic nitrogens is 2. The quantitative estimate of drug-likeness (QED) is 0.827. The molecule has 2 heterocycles. The Balaban J connectivity index is 1.51. The second-order valence-electron chi connectivity index (χ2n) is 7.19. The van der Waals surface area contributed by atoms with Gasteiger partial charge in [0.25, 0.3) is 0 Å². The van der Waals surface area contributed by atoms with Gasteiger partial charge in [0.15, 0.2) is 5.82 Å². The highest BCUT2D eigenvalue weighted by Crippen LogP contribution is 2.27. The summed E-state index contributed by atoms with van der Waals surface area (Å²) < 4.78 is 11.1. The van der Waals surface area contributed by atoms with E-state index in [0.717, 1.165) is 38.1 Å². The number of likely N-dealkylation sites (tertiary alicyclic amines) is 1. The lowest BCUT2D eigenvalue weighted by atomic mass is 9.88. The number of amides is 1. The third kappa shape index (κ3) is 4.15. The van der Waals surface area contributed by atoms with Crippen LogP contribution in [0, 0.1) is 5.92 Å². The van der Waals surface area contributed by atoms with Gasteiger partial charge in [-0.05, 0) is 31.6 Å². The molecule has 3 atom stereocenters. The van der Waals surface area contributed by atoms with Crippen molar-refractivity contribution in [2.24, 2.45) is 5.92 Å². The minimum Gasteiger partial charge on any atom is -0.368 e. The molecular formula is C18H29N3O3. The third-order valence-corrected chi connectivity index (χ3v) is 5.38. The first-order valence-electron chi connectivity index (χ1n) is 9.39. The molecule has 0 radical (unpaired) electrons. The average molecular weight is 335 g/mol. The number of rotatable bonds is 5. The second kappa shape index (κ2) is 8.10. The Morgan fingerprint density at radius 1 is 1.29 bits per heavy atom. The van der Waals surface area contributed by atoms with E-state index in [4.69, 9.17) is 9.26 Å². The van der Waals surface area contributed by atoms with Crippen LogP contribution in [-0.2, 0) is 16.0 Å². The Morgan fingerprint density at radius 3 is 2.88 bits per heavy atom. The second-order valence-corrected chi connectivity index (χ2v) is 7.19. The molecule has 0 aromatic carbocycles. The Kier molecular flexibility index (Phi) is 5.87. The van der Waals surface area contributed by atoms with Crippen LogP contribution in [0.3, 0.4) is 0 Å². The standard InChI is InChI=1S/C18H29N3O3/c1-3-16-19-18(20-24-16)14-8-6-10-21(11-14)17(22)12-23-15-9-5-4-7-13(15)2/h13-15H,3-12H2,1-2H3/t13-,14+,15+/m0/s1. The summed E-state index contributed by atoms with van der Waals surface area (Å²) in [5.74, 6) is 2.25. The summed E-state index contributed by atoms with van der Waals surface area (Å²) in [6, 6.07) is 0. The number of hydrogen-bond donors (Lipinski definition) is 0. The fourth-order valence-corrected chi connectivity index (χ4v) is 3.79. The van der Waals surface area contributed by atoms with E-state index >= 15 is 0 Å². The van der Waals surface area contributed by atoms with Crippen molar-refractivity contribution in [3.63, 3.8) is 0 Å². The summed E-state index contributed by atoms with van der Waals surface area (Å²) in [5, 5.41) is 4.08. The Morgan fingerprint density at radius 2 is 2.12 bits per heavy atom. The Bertz CT molecular complexity index is 545. The van der Waals surface area contributed by atoms with Gasteiger partial charge in [0.2, 0.25) is 11.8 Å². The number of carbonyl (C=O) groups is 1. The first-order chi connectivity index (χ1) is 11.7. The molecule has 1 aromatic heterocycles. The van der Waals surface area contributed by atoms with Gasteiger partial charge in [-0.2, -0.15) is 4.98 Å². The largest absolute Gasteiger partial charge is 0.368 e. The van der Waals surface area contributed by atoms with E-state index in [1.54, 1.807) is 0 Å². The molecule has 1 amide bonds. The fraction of sp³-hybridized carbons (Fsp3) is 0.833. The topological polar surface area (TPSA) is 68.5 Å². The van der Waals surface area contributed by atoms with Crippen molar-refractivity contribution >= 4 is 5.91 Å². The third-order valence-electron chi connectivity index (χ3n) is 5.38. The van der Waals surface area contributed by atoms with Crippen molar-refractivity contribution in [2.45, 2.75) is 70.8 Å². The molecule has 1 aliphatic heterocycles. The van der Waals surface area contributed by atoms with Crippen molar-refractivity contribution < 1.29 is 14.1 Å². The molecule has 0 spiro atoms. The highest BCUT2D eigenvalue weighted by atomic mass is 16.5. The van der Waals surface area contributed by atoms with Gasteiger partial charge in [0.05, 0.1) is 6.10 Å². The van der Waals surface area contributed by atoms with Crippen LogP contribution in [0.4, 0.5) is 0 Å². The Hall–Kier alpha value is -1.43. The zero-order chi connectivity index (χ0) is 16.9. The molecular weight excluding hydrogens is 306 g/mol. The molecule has 2 fully saturated rings. The van der Waals surface area contributed by atoms with E-state index in [1.807, 2.05) is 11.8 Å². The van der Waals surface area contributed by atoms with E-state index < -0.39 is 0 Å². The molecule has 1 aromatic rings. The number of ether oxygens (including phenoxy) is 1. The van der Waals surface area contributed by atoms with E-state index in [-0.39, 0.29) is 24.5 Å². The van der Waals surface area contributed by atoms with Crippen molar-refractivity contribution in [1.29, 1.82) is 0 Å². The van der Waals surface area contributed by atoms with Crippen LogP contribution in [0.25, 0.3) is 0 Å². The van der Waals surface area contributed by atoms with Gasteiger partial charge in [-0.1, -0.05) is 31.8 Å². The van der Waals surface area contributed by atoms with E-state index in [2.05, 4.69) is 17.1 Å². The van der Waals surface area contributed by atoms with Crippen LogP contribution in [0.2, 0.25) is 0 Å². The minimum atomic E-state index is 0.0942. The fourth-order valence-electron chi connectivity index (χ4n) is 3.79. The van der Waals surface area contributed by atoms with Gasteiger partial charge < -0.3 is 14.2 Å². The number of piperidine rings is 1. The van der Waals surface area contributed by atoms with Gasteiger partial charge in [-0.3, -0.25) is 4.79 Å². The summed E-state index contributed by atoms with van der Waals surface area (Å²) in [5.41, 5.74) is 0. The van der Waals surface area contributed by atoms with E-state index in [9.17, 15) is 4.79 Å². The molecule has 2 aliphatic rings. The Labute approximate surface area is 143 Å². The average Bonchev–Trinajstić information content (AvgIpc) is 3.10. The van der Waals surface area contributed by atoms with Gasteiger partial charge in [-0.15, -0.1) is 0 Å². The molecule has 1 saturated carbocycles. The maximum Gasteiger partial charge on any atom is 0.248 e. The van der Waals surface area contributed by atoms with Gasteiger partial charge >= 0.3 is 0 Å². The zero-order valence-electron chi connectivity index (χ0n) is 14.9. The molecule has 0 N–H and O–H groups in total. The number of carbonyl (C=O) groups excluding carboxylic acids is 1. The first-order valence-corrected chi connectivity index (χ1v) is 9.39. The summed E-state index contributed by atoms with van der Waals surface area (Å²) >= 11 is 0. The SMILES string of the molecule is CCc1nc([C@@H]2CCCN(C(=O)CO[C@@H]3CCCC[C@@H]3C)C2)no1. The van der Waals surface area contributed by atoms with Crippen LogP contribution < -0.4 is 0 Å². The maximum absolute atomic E-state index is 12.5. The van der Waals surface area contributed by atoms with Crippen molar-refractivity contribution in [3.8, 4) is 0 Å². The van der Waals surface area contributed by atoms with Crippen LogP contribution in [0.5, 0.6) is 0 Å². The zero-order valence-corrected chi connectivity index (χ0v) is 14.9. The summed E-state index contributed by atoms with van der Waals surface area (Å²) in [4.78, 5) is 18.9. The molecule has 0 unspecified atom stereocenters. The summed E-state index contributed by atoms with van der Waals surface area (Å²) in [6.45, 7) is 5.90. The number of nitrogens with zero attached hydrogens (tertiary/aromatic N) is 3. The van der Waals surface area contributed by atoms with E-state index in [1.165, 1.54) is 19.3 Å². The molecule has 1 aliphatic carbocycles. The van der Waals surface area contributed by atoms with Gasteiger partial charge in [0.1, 0.15) is 6.61 Å². The molecule has 3 rings (SSSR count). The van der Waals surface area contributed by atoms with Crippen LogP contribution in [0.1, 0.15) is 70.0 Å². The van der Waals surface area contributed by atoms with Gasteiger partial charge in [-0.25, -0.2) is 0 Å². The summed E-state index contributed by atoms with van der Waals surface area (Å²) in [7, 11) is 0. The van der Waals surface area contributed by atoms with Crippen molar-refractivity contribution in [3.05, 3.63) is 11.7 Å². The molecule has 134 valence electrons. The summed E-state index contributed by atoms with van der Waals surface area (Å²) in [6.07, 6.45) is 7.77. The van der Waals surface area contributed by atoms with Crippen molar-refractivity contribution in [2.75, 3.05) is 19.7 Å². The molecule has 0 bridgehead atoms. The van der Waals surface area contributed by atoms with Crippen molar-refractivity contribution in [1.82, 2.24) is 15.0 Å². The smallest absolute Gasteiger partial charge is 0.248 e. The monoisotopic (exact) mass is 335 g/mol.